The Morgan fingerprint density at radius 1 is 0.917 bits per heavy atom. The van der Waals surface area contributed by atoms with E-state index in [1.54, 1.807) is 31.2 Å². The molecule has 1 aromatic heterocycles. The summed E-state index contributed by atoms with van der Waals surface area (Å²) in [5.74, 6) is -1.56. The molecule has 1 aliphatic heterocycles. The van der Waals surface area contributed by atoms with Crippen LogP contribution in [0.1, 0.15) is 33.9 Å². The number of Topliss-reactive ketones (excluding diaryl/α,β-unsaturated/α-hetero) is 1. The maximum Gasteiger partial charge on any atom is 0.301 e. The van der Waals surface area contributed by atoms with Crippen LogP contribution in [0.3, 0.4) is 0 Å². The Hall–Kier alpha value is -5.32. The average Bonchev–Trinajstić information content (AvgIpc) is 3.69. The number of halogens is 1. The molecular weight excluding hydrogens is 646 g/mol. The Kier molecular flexibility index (Phi) is 8.75. The number of benzene rings is 5. The summed E-state index contributed by atoms with van der Waals surface area (Å²) < 4.78 is 21.1. The van der Waals surface area contributed by atoms with Crippen LogP contribution in [-0.2, 0) is 21.9 Å². The molecule has 48 heavy (non-hydrogen) atoms. The summed E-state index contributed by atoms with van der Waals surface area (Å²) in [5, 5.41) is 22.6. The zero-order valence-corrected chi connectivity index (χ0v) is 27.3. The molecule has 1 atom stereocenters. The van der Waals surface area contributed by atoms with Gasteiger partial charge in [0, 0.05) is 11.3 Å². The number of fused-ring (bicyclic) bond motifs is 1. The first-order valence-electron chi connectivity index (χ1n) is 15.1. The lowest BCUT2D eigenvalue weighted by Crippen LogP contribution is -2.29. The number of hydrogen-bond acceptors (Lipinski definition) is 8. The fourth-order valence-electron chi connectivity index (χ4n) is 5.64. The predicted octanol–water partition coefficient (Wildman–Crippen LogP) is 8.64. The quantitative estimate of drug-likeness (QED) is 0.0540. The number of ketones is 1. The van der Waals surface area contributed by atoms with Gasteiger partial charge in [0.25, 0.3) is 5.78 Å². The molecule has 0 saturated carbocycles. The molecule has 1 N–H and O–H groups in total. The van der Waals surface area contributed by atoms with E-state index in [0.717, 1.165) is 28.0 Å². The van der Waals surface area contributed by atoms with Crippen LogP contribution in [0.4, 0.5) is 9.52 Å². The van der Waals surface area contributed by atoms with Crippen LogP contribution >= 0.6 is 23.1 Å². The van der Waals surface area contributed by atoms with E-state index < -0.39 is 29.3 Å². The van der Waals surface area contributed by atoms with Gasteiger partial charge in [-0.25, -0.2) is 4.39 Å². The van der Waals surface area contributed by atoms with Gasteiger partial charge in [0.05, 0.1) is 11.6 Å². The highest BCUT2D eigenvalue weighted by atomic mass is 32.2. The highest BCUT2D eigenvalue weighted by Gasteiger charge is 2.48. The number of carbonyl (C=O) groups is 2. The van der Waals surface area contributed by atoms with Crippen LogP contribution in [0.25, 0.3) is 16.5 Å². The molecular formula is C38H28FN3O4S2. The number of nitrogens with zero attached hydrogens (tertiary/aromatic N) is 3. The van der Waals surface area contributed by atoms with Gasteiger partial charge in [-0.05, 0) is 58.1 Å². The predicted molar refractivity (Wildman–Crippen MR) is 187 cm³/mol. The van der Waals surface area contributed by atoms with Gasteiger partial charge >= 0.3 is 5.91 Å². The summed E-state index contributed by atoms with van der Waals surface area (Å²) in [7, 11) is 0. The van der Waals surface area contributed by atoms with E-state index in [1.165, 1.54) is 40.1 Å². The Bertz CT molecular complexity index is 2180. The van der Waals surface area contributed by atoms with Crippen molar-refractivity contribution in [2.45, 2.75) is 29.7 Å². The van der Waals surface area contributed by atoms with E-state index in [2.05, 4.69) is 34.5 Å². The van der Waals surface area contributed by atoms with E-state index in [0.29, 0.717) is 33.6 Å². The molecule has 7 nitrogen and oxygen atoms in total. The maximum atomic E-state index is 14.6. The molecule has 10 heteroatoms. The third kappa shape index (κ3) is 6.20. The van der Waals surface area contributed by atoms with Crippen LogP contribution in [-0.4, -0.2) is 27.0 Å². The van der Waals surface area contributed by atoms with Gasteiger partial charge in [0.15, 0.2) is 4.34 Å². The molecule has 0 radical (unpaired) electrons. The van der Waals surface area contributed by atoms with Crippen molar-refractivity contribution >= 4 is 56.5 Å². The maximum absolute atomic E-state index is 14.6. The molecule has 1 fully saturated rings. The summed E-state index contributed by atoms with van der Waals surface area (Å²) in [5.41, 5.74) is 2.99. The second-order valence-electron chi connectivity index (χ2n) is 11.3. The minimum absolute atomic E-state index is 0.0903. The molecule has 1 aliphatic rings. The molecule has 6 aromatic rings. The molecule has 1 amide bonds. The van der Waals surface area contributed by atoms with Crippen molar-refractivity contribution < 1.29 is 23.8 Å². The standard InChI is InChI=1S/C38H28FN3O4S2/c1-23-14-15-27(20-31(23)39)34(43)32-33(26-16-18-29(19-17-26)46-21-24-8-3-2-4-9-24)42(36(45)35(32)44)37-40-41-38(48-37)47-22-28-12-7-11-25-10-5-6-13-30(25)28/h2-20,33,43H,21-22H2,1H3/b34-32-. The van der Waals surface area contributed by atoms with Crippen molar-refractivity contribution in [3.05, 3.63) is 154 Å². The lowest BCUT2D eigenvalue weighted by atomic mass is 9.95. The van der Waals surface area contributed by atoms with E-state index in [-0.39, 0.29) is 16.3 Å². The number of aromatic nitrogens is 2. The summed E-state index contributed by atoms with van der Waals surface area (Å²) in [6, 6.07) is 34.2. The number of thioether (sulfide) groups is 1. The van der Waals surface area contributed by atoms with Gasteiger partial charge < -0.3 is 9.84 Å². The number of rotatable bonds is 9. The fraction of sp³-hybridized carbons (Fsp3) is 0.105. The SMILES string of the molecule is Cc1ccc(/C(O)=C2/C(=O)C(=O)N(c3nnc(SCc4cccc5ccccc45)s3)C2c2ccc(OCc3ccccc3)cc2)cc1F. The number of amides is 1. The van der Waals surface area contributed by atoms with Gasteiger partial charge in [0.1, 0.15) is 23.9 Å². The molecule has 1 unspecified atom stereocenters. The number of hydrogen-bond donors (Lipinski definition) is 1. The lowest BCUT2D eigenvalue weighted by molar-refractivity contribution is -0.132. The van der Waals surface area contributed by atoms with Crippen LogP contribution in [0, 0.1) is 12.7 Å². The van der Waals surface area contributed by atoms with Gasteiger partial charge in [-0.15, -0.1) is 10.2 Å². The average molecular weight is 674 g/mol. The molecule has 1 saturated heterocycles. The van der Waals surface area contributed by atoms with Crippen LogP contribution in [0.2, 0.25) is 0 Å². The highest BCUT2D eigenvalue weighted by molar-refractivity contribution is 8.00. The second-order valence-corrected chi connectivity index (χ2v) is 13.4. The van der Waals surface area contributed by atoms with Crippen molar-refractivity contribution in [3.63, 3.8) is 0 Å². The first kappa shape index (κ1) is 31.3. The smallest absolute Gasteiger partial charge is 0.301 e. The zero-order valence-electron chi connectivity index (χ0n) is 25.7. The van der Waals surface area contributed by atoms with Gasteiger partial charge in [-0.2, -0.15) is 0 Å². The van der Waals surface area contributed by atoms with Crippen LogP contribution < -0.4 is 9.64 Å². The van der Waals surface area contributed by atoms with Crippen molar-refractivity contribution in [1.29, 1.82) is 0 Å². The number of aliphatic hydroxyl groups is 1. The molecule has 238 valence electrons. The minimum atomic E-state index is -1.04. The molecule has 7 rings (SSSR count). The number of carbonyl (C=O) groups excluding carboxylic acids is 2. The summed E-state index contributed by atoms with van der Waals surface area (Å²) >= 11 is 2.67. The van der Waals surface area contributed by atoms with Crippen molar-refractivity contribution in [2.75, 3.05) is 4.90 Å². The van der Waals surface area contributed by atoms with Crippen molar-refractivity contribution in [1.82, 2.24) is 10.2 Å². The van der Waals surface area contributed by atoms with Crippen molar-refractivity contribution in [3.8, 4) is 5.75 Å². The first-order chi connectivity index (χ1) is 23.4. The van der Waals surface area contributed by atoms with E-state index in [9.17, 15) is 19.1 Å². The number of aryl methyl sites for hydroxylation is 1. The minimum Gasteiger partial charge on any atom is -0.507 e. The molecule has 0 bridgehead atoms. The van der Waals surface area contributed by atoms with Crippen LogP contribution in [0.15, 0.2) is 125 Å². The summed E-state index contributed by atoms with van der Waals surface area (Å²) in [6.45, 7) is 1.96. The molecule has 2 heterocycles. The lowest BCUT2D eigenvalue weighted by Gasteiger charge is -2.22. The summed E-state index contributed by atoms with van der Waals surface area (Å²) in [4.78, 5) is 28.6. The molecule has 0 spiro atoms. The third-order valence-corrected chi connectivity index (χ3v) is 10.3. The Balaban J connectivity index is 1.22. The molecule has 0 aliphatic carbocycles. The number of anilines is 1. The Labute approximate surface area is 284 Å². The number of ether oxygens (including phenoxy) is 1. The topological polar surface area (TPSA) is 92.6 Å². The monoisotopic (exact) mass is 673 g/mol. The summed E-state index contributed by atoms with van der Waals surface area (Å²) in [6.07, 6.45) is 0. The Morgan fingerprint density at radius 3 is 2.46 bits per heavy atom. The molecule has 5 aromatic carbocycles. The third-order valence-electron chi connectivity index (χ3n) is 8.17. The highest BCUT2D eigenvalue weighted by Crippen LogP contribution is 2.44. The van der Waals surface area contributed by atoms with Gasteiger partial charge in [-0.1, -0.05) is 120 Å². The van der Waals surface area contributed by atoms with E-state index in [4.69, 9.17) is 4.74 Å². The van der Waals surface area contributed by atoms with E-state index in [1.807, 2.05) is 48.5 Å². The van der Waals surface area contributed by atoms with Gasteiger partial charge in [-0.3, -0.25) is 14.5 Å². The zero-order chi connectivity index (χ0) is 33.2. The van der Waals surface area contributed by atoms with E-state index >= 15 is 0 Å². The van der Waals surface area contributed by atoms with Crippen molar-refractivity contribution in [2.24, 2.45) is 0 Å². The first-order valence-corrected chi connectivity index (χ1v) is 16.9. The van der Waals surface area contributed by atoms with Gasteiger partial charge in [0.2, 0.25) is 5.13 Å². The van der Waals surface area contributed by atoms with Crippen LogP contribution in [0.5, 0.6) is 5.75 Å². The normalized spacial score (nSPS) is 15.7. The number of aliphatic hydroxyl groups excluding tert-OH is 1. The largest absolute Gasteiger partial charge is 0.507 e. The second kappa shape index (κ2) is 13.4. The Morgan fingerprint density at radius 2 is 1.67 bits per heavy atom. The fourth-order valence-corrected chi connectivity index (χ4v) is 7.52.